The maximum atomic E-state index is 8.72. The smallest absolute Gasteiger partial charge is 0.161 e. The van der Waals surface area contributed by atoms with Crippen LogP contribution in [0.15, 0.2) is 18.2 Å². The maximum Gasteiger partial charge on any atom is 0.161 e. The first-order valence-corrected chi connectivity index (χ1v) is 5.97. The molecule has 1 saturated carbocycles. The van der Waals surface area contributed by atoms with Gasteiger partial charge in [0.05, 0.1) is 13.7 Å². The van der Waals surface area contributed by atoms with Crippen LogP contribution in [0, 0.1) is 0 Å². The molecule has 0 spiro atoms. The molecule has 0 radical (unpaired) electrons. The summed E-state index contributed by atoms with van der Waals surface area (Å²) in [5.41, 5.74) is 1.19. The molecular formula is C13H20ClNO3. The highest BCUT2D eigenvalue weighted by atomic mass is 35.5. The van der Waals surface area contributed by atoms with Crippen molar-refractivity contribution in [2.45, 2.75) is 25.4 Å². The minimum atomic E-state index is 0. The number of ether oxygens (including phenoxy) is 2. The van der Waals surface area contributed by atoms with Gasteiger partial charge in [0.2, 0.25) is 0 Å². The molecule has 2 N–H and O–H groups in total. The second kappa shape index (κ2) is 7.46. The van der Waals surface area contributed by atoms with Gasteiger partial charge < -0.3 is 19.9 Å². The number of hydrogen-bond donors (Lipinski definition) is 2. The lowest BCUT2D eigenvalue weighted by Crippen LogP contribution is -2.15. The van der Waals surface area contributed by atoms with E-state index in [0.717, 1.165) is 6.54 Å². The van der Waals surface area contributed by atoms with E-state index in [1.807, 2.05) is 18.2 Å². The second-order valence-corrected chi connectivity index (χ2v) is 4.21. The predicted molar refractivity (Wildman–Crippen MR) is 72.7 cm³/mol. The predicted octanol–water partition coefficient (Wildman–Crippen LogP) is 1.74. The molecule has 102 valence electrons. The van der Waals surface area contributed by atoms with Crippen molar-refractivity contribution in [2.24, 2.45) is 0 Å². The first-order chi connectivity index (χ1) is 8.33. The molecule has 0 heterocycles. The number of methoxy groups -OCH3 is 1. The molecule has 0 aliphatic heterocycles. The Labute approximate surface area is 114 Å². The lowest BCUT2D eigenvalue weighted by atomic mass is 10.2. The molecule has 4 nitrogen and oxygen atoms in total. The summed E-state index contributed by atoms with van der Waals surface area (Å²) in [5, 5.41) is 12.2. The molecule has 5 heteroatoms. The van der Waals surface area contributed by atoms with Crippen molar-refractivity contribution in [2.75, 3.05) is 20.3 Å². The summed E-state index contributed by atoms with van der Waals surface area (Å²) in [6.45, 7) is 1.16. The monoisotopic (exact) mass is 273 g/mol. The van der Waals surface area contributed by atoms with Crippen molar-refractivity contribution < 1.29 is 14.6 Å². The van der Waals surface area contributed by atoms with Gasteiger partial charge in [0.25, 0.3) is 0 Å². The summed E-state index contributed by atoms with van der Waals surface area (Å²) >= 11 is 0. The number of hydrogen-bond acceptors (Lipinski definition) is 4. The first-order valence-electron chi connectivity index (χ1n) is 5.97. The zero-order valence-corrected chi connectivity index (χ0v) is 11.3. The standard InChI is InChI=1S/C13H19NO3.ClH/c1-16-13-8-10(9-14-11-3-4-11)2-5-12(13)17-7-6-15;/h2,5,8,11,14-15H,3-4,6-7,9H2,1H3;1H. The van der Waals surface area contributed by atoms with E-state index in [1.165, 1.54) is 18.4 Å². The topological polar surface area (TPSA) is 50.7 Å². The zero-order valence-electron chi connectivity index (χ0n) is 10.5. The highest BCUT2D eigenvalue weighted by Gasteiger charge is 2.20. The number of nitrogens with one attached hydrogen (secondary N) is 1. The third kappa shape index (κ3) is 4.37. The van der Waals surface area contributed by atoms with Crippen molar-refractivity contribution in [3.8, 4) is 11.5 Å². The third-order valence-electron chi connectivity index (χ3n) is 2.75. The van der Waals surface area contributed by atoms with Gasteiger partial charge in [-0.15, -0.1) is 12.4 Å². The van der Waals surface area contributed by atoms with Gasteiger partial charge in [-0.3, -0.25) is 0 Å². The summed E-state index contributed by atoms with van der Waals surface area (Å²) in [6, 6.07) is 6.58. The molecule has 0 unspecified atom stereocenters. The molecule has 1 aliphatic rings. The number of aliphatic hydroxyl groups excluding tert-OH is 1. The van der Waals surface area contributed by atoms with Crippen LogP contribution in [0.2, 0.25) is 0 Å². The molecule has 0 amide bonds. The Morgan fingerprint density at radius 3 is 2.72 bits per heavy atom. The number of rotatable bonds is 7. The van der Waals surface area contributed by atoms with Crippen LogP contribution in [-0.4, -0.2) is 31.5 Å². The van der Waals surface area contributed by atoms with Gasteiger partial charge in [-0.1, -0.05) is 6.07 Å². The van der Waals surface area contributed by atoms with Crippen molar-refractivity contribution in [1.82, 2.24) is 5.32 Å². The normalized spacial score (nSPS) is 13.9. The Balaban J connectivity index is 0.00000162. The second-order valence-electron chi connectivity index (χ2n) is 4.21. The molecule has 0 saturated heterocycles. The fourth-order valence-electron chi connectivity index (χ4n) is 1.65. The Morgan fingerprint density at radius 2 is 2.11 bits per heavy atom. The van der Waals surface area contributed by atoms with E-state index in [9.17, 15) is 0 Å². The van der Waals surface area contributed by atoms with Crippen LogP contribution < -0.4 is 14.8 Å². The molecule has 2 rings (SSSR count). The number of benzene rings is 1. The fourth-order valence-corrected chi connectivity index (χ4v) is 1.65. The van der Waals surface area contributed by atoms with Gasteiger partial charge in [0.15, 0.2) is 11.5 Å². The van der Waals surface area contributed by atoms with Crippen LogP contribution in [0.4, 0.5) is 0 Å². The summed E-state index contributed by atoms with van der Waals surface area (Å²) in [4.78, 5) is 0. The molecule has 1 aromatic carbocycles. The first kappa shape index (κ1) is 15.1. The van der Waals surface area contributed by atoms with Crippen molar-refractivity contribution in [3.05, 3.63) is 23.8 Å². The Bertz CT molecular complexity index is 369. The summed E-state index contributed by atoms with van der Waals surface area (Å²) < 4.78 is 10.6. The Hall–Kier alpha value is -0.970. The number of halogens is 1. The highest BCUT2D eigenvalue weighted by Crippen LogP contribution is 2.28. The van der Waals surface area contributed by atoms with Crippen LogP contribution in [-0.2, 0) is 6.54 Å². The van der Waals surface area contributed by atoms with E-state index >= 15 is 0 Å². The molecular weight excluding hydrogens is 254 g/mol. The third-order valence-corrected chi connectivity index (χ3v) is 2.75. The average Bonchev–Trinajstić information content (AvgIpc) is 3.18. The molecule has 1 aliphatic carbocycles. The highest BCUT2D eigenvalue weighted by molar-refractivity contribution is 5.85. The Kier molecular flexibility index (Phi) is 6.25. The lowest BCUT2D eigenvalue weighted by Gasteiger charge is -2.11. The molecule has 0 bridgehead atoms. The van der Waals surface area contributed by atoms with E-state index in [0.29, 0.717) is 17.5 Å². The van der Waals surface area contributed by atoms with Crippen LogP contribution in [0.1, 0.15) is 18.4 Å². The molecule has 1 aromatic rings. The summed E-state index contributed by atoms with van der Waals surface area (Å²) in [6.07, 6.45) is 2.57. The van der Waals surface area contributed by atoms with Gasteiger partial charge in [-0.25, -0.2) is 0 Å². The van der Waals surface area contributed by atoms with Crippen LogP contribution >= 0.6 is 12.4 Å². The SMILES string of the molecule is COc1cc(CNC2CC2)ccc1OCCO.Cl. The van der Waals surface area contributed by atoms with Crippen molar-refractivity contribution >= 4 is 12.4 Å². The molecule has 0 atom stereocenters. The summed E-state index contributed by atoms with van der Waals surface area (Å²) in [5.74, 6) is 1.39. The largest absolute Gasteiger partial charge is 0.493 e. The quantitative estimate of drug-likeness (QED) is 0.795. The van der Waals surface area contributed by atoms with Gasteiger partial charge in [0, 0.05) is 12.6 Å². The van der Waals surface area contributed by atoms with E-state index in [2.05, 4.69) is 5.32 Å². The maximum absolute atomic E-state index is 8.72. The number of aliphatic hydroxyl groups is 1. The van der Waals surface area contributed by atoms with Crippen LogP contribution in [0.5, 0.6) is 11.5 Å². The van der Waals surface area contributed by atoms with E-state index in [-0.39, 0.29) is 25.6 Å². The van der Waals surface area contributed by atoms with Crippen LogP contribution in [0.25, 0.3) is 0 Å². The molecule has 18 heavy (non-hydrogen) atoms. The minimum Gasteiger partial charge on any atom is -0.493 e. The van der Waals surface area contributed by atoms with Gasteiger partial charge in [-0.05, 0) is 30.5 Å². The van der Waals surface area contributed by atoms with Gasteiger partial charge >= 0.3 is 0 Å². The average molecular weight is 274 g/mol. The van der Waals surface area contributed by atoms with E-state index < -0.39 is 0 Å². The fraction of sp³-hybridized carbons (Fsp3) is 0.538. The lowest BCUT2D eigenvalue weighted by molar-refractivity contribution is 0.196. The van der Waals surface area contributed by atoms with Crippen molar-refractivity contribution in [3.63, 3.8) is 0 Å². The van der Waals surface area contributed by atoms with Crippen LogP contribution in [0.3, 0.4) is 0 Å². The van der Waals surface area contributed by atoms with E-state index in [1.54, 1.807) is 7.11 Å². The summed E-state index contributed by atoms with van der Waals surface area (Å²) in [7, 11) is 1.62. The van der Waals surface area contributed by atoms with Crippen molar-refractivity contribution in [1.29, 1.82) is 0 Å². The molecule has 1 fully saturated rings. The zero-order chi connectivity index (χ0) is 12.1. The van der Waals surface area contributed by atoms with Gasteiger partial charge in [0.1, 0.15) is 6.61 Å². The van der Waals surface area contributed by atoms with E-state index in [4.69, 9.17) is 14.6 Å². The minimum absolute atomic E-state index is 0. The molecule has 0 aromatic heterocycles. The van der Waals surface area contributed by atoms with Gasteiger partial charge in [-0.2, -0.15) is 0 Å². The Morgan fingerprint density at radius 1 is 1.33 bits per heavy atom.